The molecule has 1 aromatic carbocycles. The Bertz CT molecular complexity index is 406. The van der Waals surface area contributed by atoms with Crippen LogP contribution in [-0.2, 0) is 17.6 Å². The maximum absolute atomic E-state index is 11.2. The van der Waals surface area contributed by atoms with Gasteiger partial charge < -0.3 is 10.1 Å². The molecule has 0 aromatic heterocycles. The Kier molecular flexibility index (Phi) is 3.36. The Morgan fingerprint density at radius 3 is 2.18 bits per heavy atom. The molecular weight excluding hydrogens is 214 g/mol. The van der Waals surface area contributed by atoms with Crippen LogP contribution in [0.2, 0.25) is 0 Å². The van der Waals surface area contributed by atoms with Gasteiger partial charge >= 0.3 is 6.09 Å². The summed E-state index contributed by atoms with van der Waals surface area (Å²) in [7, 11) is 0. The first-order valence-electron chi connectivity index (χ1n) is 6.24. The lowest BCUT2D eigenvalue weighted by Gasteiger charge is -2.15. The molecule has 1 aliphatic rings. The van der Waals surface area contributed by atoms with Crippen LogP contribution in [0.1, 0.15) is 43.6 Å². The molecule has 0 bridgehead atoms. The van der Waals surface area contributed by atoms with Crippen molar-refractivity contribution >= 4 is 6.09 Å². The van der Waals surface area contributed by atoms with Gasteiger partial charge in [-0.3, -0.25) is 0 Å². The average Bonchev–Trinajstić information content (AvgIpc) is 2.67. The Labute approximate surface area is 102 Å². The van der Waals surface area contributed by atoms with Gasteiger partial charge in [-0.05, 0) is 36.5 Å². The molecule has 1 heterocycles. The van der Waals surface area contributed by atoms with E-state index in [1.165, 1.54) is 11.1 Å². The minimum absolute atomic E-state index is 0.0410. The molecule has 3 nitrogen and oxygen atoms in total. The van der Waals surface area contributed by atoms with E-state index < -0.39 is 0 Å². The molecule has 1 N–H and O–H groups in total. The van der Waals surface area contributed by atoms with Crippen molar-refractivity contribution in [1.29, 1.82) is 0 Å². The SMILES string of the molecule is CCc1cc(CC)cc([C@H]2OC(=O)N[C@H]2C)c1. The molecule has 2 rings (SSSR count). The van der Waals surface area contributed by atoms with Gasteiger partial charge in [-0.25, -0.2) is 4.79 Å². The Hall–Kier alpha value is -1.51. The second-order valence-electron chi connectivity index (χ2n) is 4.55. The van der Waals surface area contributed by atoms with Gasteiger partial charge in [0.1, 0.15) is 6.10 Å². The molecule has 1 aromatic rings. The van der Waals surface area contributed by atoms with Gasteiger partial charge in [0, 0.05) is 0 Å². The topological polar surface area (TPSA) is 38.3 Å². The van der Waals surface area contributed by atoms with Crippen LogP contribution in [0, 0.1) is 0 Å². The van der Waals surface area contributed by atoms with Crippen molar-refractivity contribution in [3.05, 3.63) is 34.9 Å². The van der Waals surface area contributed by atoms with Gasteiger partial charge in [0.2, 0.25) is 0 Å². The standard InChI is InChI=1S/C14H19NO2/c1-4-10-6-11(5-2)8-12(7-10)13-9(3)15-14(16)17-13/h6-9,13H,4-5H2,1-3H3,(H,15,16)/t9-,13-/m0/s1. The molecule has 0 radical (unpaired) electrons. The Morgan fingerprint density at radius 1 is 1.18 bits per heavy atom. The fourth-order valence-corrected chi connectivity index (χ4v) is 2.23. The molecule has 1 fully saturated rings. The summed E-state index contributed by atoms with van der Waals surface area (Å²) in [5.74, 6) is 0. The van der Waals surface area contributed by atoms with E-state index in [2.05, 4.69) is 37.4 Å². The summed E-state index contributed by atoms with van der Waals surface area (Å²) >= 11 is 0. The monoisotopic (exact) mass is 233 g/mol. The van der Waals surface area contributed by atoms with E-state index in [1.54, 1.807) is 0 Å². The molecule has 1 amide bonds. The summed E-state index contributed by atoms with van der Waals surface area (Å²) in [6.45, 7) is 6.25. The Morgan fingerprint density at radius 2 is 1.76 bits per heavy atom. The number of carbonyl (C=O) groups excluding carboxylic acids is 1. The highest BCUT2D eigenvalue weighted by Gasteiger charge is 2.31. The molecule has 92 valence electrons. The highest BCUT2D eigenvalue weighted by Crippen LogP contribution is 2.28. The Balaban J connectivity index is 2.34. The summed E-state index contributed by atoms with van der Waals surface area (Å²) in [5, 5.41) is 2.78. The maximum atomic E-state index is 11.2. The third-order valence-corrected chi connectivity index (χ3v) is 3.25. The number of amides is 1. The number of rotatable bonds is 3. The molecule has 0 saturated carbocycles. The lowest BCUT2D eigenvalue weighted by molar-refractivity contribution is 0.134. The molecule has 1 saturated heterocycles. The predicted octanol–water partition coefficient (Wildman–Crippen LogP) is 2.98. The zero-order chi connectivity index (χ0) is 12.4. The van der Waals surface area contributed by atoms with Crippen LogP contribution in [0.5, 0.6) is 0 Å². The number of ether oxygens (including phenoxy) is 1. The van der Waals surface area contributed by atoms with Crippen molar-refractivity contribution in [3.8, 4) is 0 Å². The van der Waals surface area contributed by atoms with Gasteiger partial charge in [-0.15, -0.1) is 0 Å². The zero-order valence-corrected chi connectivity index (χ0v) is 10.6. The van der Waals surface area contributed by atoms with E-state index in [0.717, 1.165) is 18.4 Å². The molecule has 0 spiro atoms. The minimum atomic E-state index is -0.317. The number of carbonyl (C=O) groups is 1. The van der Waals surface area contributed by atoms with Crippen molar-refractivity contribution in [2.24, 2.45) is 0 Å². The number of cyclic esters (lactones) is 1. The number of benzene rings is 1. The van der Waals surface area contributed by atoms with Gasteiger partial charge in [0.15, 0.2) is 0 Å². The van der Waals surface area contributed by atoms with Crippen molar-refractivity contribution in [1.82, 2.24) is 5.32 Å². The van der Waals surface area contributed by atoms with Crippen LogP contribution in [0.15, 0.2) is 18.2 Å². The highest BCUT2D eigenvalue weighted by atomic mass is 16.6. The normalized spacial score (nSPS) is 23.4. The van der Waals surface area contributed by atoms with Crippen molar-refractivity contribution in [2.45, 2.75) is 45.8 Å². The van der Waals surface area contributed by atoms with Crippen LogP contribution in [0.25, 0.3) is 0 Å². The van der Waals surface area contributed by atoms with Gasteiger partial charge in [-0.1, -0.05) is 32.0 Å². The third-order valence-electron chi connectivity index (χ3n) is 3.25. The van der Waals surface area contributed by atoms with Gasteiger partial charge in [0.25, 0.3) is 0 Å². The van der Waals surface area contributed by atoms with Gasteiger partial charge in [0.05, 0.1) is 6.04 Å². The molecule has 2 atom stereocenters. The first-order chi connectivity index (χ1) is 8.13. The lowest BCUT2D eigenvalue weighted by atomic mass is 9.97. The van der Waals surface area contributed by atoms with Gasteiger partial charge in [-0.2, -0.15) is 0 Å². The maximum Gasteiger partial charge on any atom is 0.408 e. The van der Waals surface area contributed by atoms with Crippen molar-refractivity contribution in [2.75, 3.05) is 0 Å². The lowest BCUT2D eigenvalue weighted by Crippen LogP contribution is -2.23. The van der Waals surface area contributed by atoms with Crippen LogP contribution in [-0.4, -0.2) is 12.1 Å². The smallest absolute Gasteiger partial charge is 0.408 e. The summed E-state index contributed by atoms with van der Waals surface area (Å²) in [6, 6.07) is 6.54. The summed E-state index contributed by atoms with van der Waals surface area (Å²) < 4.78 is 5.31. The van der Waals surface area contributed by atoms with E-state index in [4.69, 9.17) is 4.74 Å². The molecular formula is C14H19NO2. The first kappa shape index (κ1) is 12.0. The number of alkyl carbamates (subject to hydrolysis) is 1. The number of hydrogen-bond acceptors (Lipinski definition) is 2. The minimum Gasteiger partial charge on any atom is -0.439 e. The van der Waals surface area contributed by atoms with Crippen LogP contribution in [0.4, 0.5) is 4.79 Å². The second-order valence-corrected chi connectivity index (χ2v) is 4.55. The molecule has 17 heavy (non-hydrogen) atoms. The largest absolute Gasteiger partial charge is 0.439 e. The van der Waals surface area contributed by atoms with Crippen molar-refractivity contribution < 1.29 is 9.53 Å². The van der Waals surface area contributed by atoms with E-state index in [0.29, 0.717) is 0 Å². The summed E-state index contributed by atoms with van der Waals surface area (Å²) in [5.41, 5.74) is 3.70. The summed E-state index contributed by atoms with van der Waals surface area (Å²) in [6.07, 6.45) is 1.54. The highest BCUT2D eigenvalue weighted by molar-refractivity contribution is 5.70. The summed E-state index contributed by atoms with van der Waals surface area (Å²) in [4.78, 5) is 11.2. The molecule has 0 aliphatic carbocycles. The van der Waals surface area contributed by atoms with Crippen LogP contribution < -0.4 is 5.32 Å². The fourth-order valence-electron chi connectivity index (χ4n) is 2.23. The average molecular weight is 233 g/mol. The number of hydrogen-bond donors (Lipinski definition) is 1. The van der Waals surface area contributed by atoms with E-state index in [-0.39, 0.29) is 18.2 Å². The third kappa shape index (κ3) is 2.43. The molecule has 0 unspecified atom stereocenters. The van der Waals surface area contributed by atoms with E-state index in [9.17, 15) is 4.79 Å². The van der Waals surface area contributed by atoms with E-state index >= 15 is 0 Å². The number of nitrogens with one attached hydrogen (secondary N) is 1. The van der Waals surface area contributed by atoms with Crippen LogP contribution in [0.3, 0.4) is 0 Å². The predicted molar refractivity (Wildman–Crippen MR) is 67.0 cm³/mol. The van der Waals surface area contributed by atoms with Crippen LogP contribution >= 0.6 is 0 Å². The second kappa shape index (κ2) is 4.78. The zero-order valence-electron chi connectivity index (χ0n) is 10.6. The fraction of sp³-hybridized carbons (Fsp3) is 0.500. The van der Waals surface area contributed by atoms with E-state index in [1.807, 2.05) is 6.92 Å². The quantitative estimate of drug-likeness (QED) is 0.871. The first-order valence-corrected chi connectivity index (χ1v) is 6.24. The molecule has 1 aliphatic heterocycles. The number of aryl methyl sites for hydroxylation is 2. The molecule has 3 heteroatoms. The van der Waals surface area contributed by atoms with Crippen molar-refractivity contribution in [3.63, 3.8) is 0 Å².